The first kappa shape index (κ1) is 16.5. The van der Waals surface area contributed by atoms with Gasteiger partial charge in [-0.3, -0.25) is 9.59 Å². The van der Waals surface area contributed by atoms with E-state index in [0.717, 1.165) is 11.5 Å². The number of benzene rings is 1. The number of likely N-dealkylation sites (tertiary alicyclic amines) is 1. The van der Waals surface area contributed by atoms with Crippen LogP contribution in [0.4, 0.5) is 0 Å². The molecule has 0 aliphatic carbocycles. The summed E-state index contributed by atoms with van der Waals surface area (Å²) in [4.78, 5) is 26.2. The van der Waals surface area contributed by atoms with Crippen LogP contribution in [-0.2, 0) is 4.79 Å². The molecule has 2 N–H and O–H groups in total. The Kier molecular flexibility index (Phi) is 4.81. The number of nitrogens with zero attached hydrogens (tertiary/aromatic N) is 1. The molecule has 0 bridgehead atoms. The van der Waals surface area contributed by atoms with Crippen LogP contribution in [0.2, 0.25) is 0 Å². The molecule has 0 saturated carbocycles. The fraction of sp³-hybridized carbons (Fsp3) is 0.368. The van der Waals surface area contributed by atoms with Crippen LogP contribution in [-0.4, -0.2) is 35.7 Å². The summed E-state index contributed by atoms with van der Waals surface area (Å²) >= 11 is 0. The molecule has 0 radical (unpaired) electrons. The lowest BCUT2D eigenvalue weighted by Crippen LogP contribution is -2.32. The Morgan fingerprint density at radius 2 is 1.88 bits per heavy atom. The molecule has 2 atom stereocenters. The van der Waals surface area contributed by atoms with E-state index in [1.54, 1.807) is 17.0 Å². The van der Waals surface area contributed by atoms with Gasteiger partial charge in [0.05, 0.1) is 5.92 Å². The number of hydrogen-bond acceptors (Lipinski definition) is 4. The first-order valence-electron chi connectivity index (χ1n) is 8.22. The number of amides is 1. The van der Waals surface area contributed by atoms with Gasteiger partial charge in [-0.25, -0.2) is 0 Å². The van der Waals surface area contributed by atoms with Gasteiger partial charge in [-0.15, -0.1) is 0 Å². The lowest BCUT2D eigenvalue weighted by Gasteiger charge is -2.15. The Morgan fingerprint density at radius 3 is 2.54 bits per heavy atom. The summed E-state index contributed by atoms with van der Waals surface area (Å²) in [5.41, 5.74) is 6.82. The number of nitrogens with two attached hydrogens (primary N) is 1. The molecule has 2 heterocycles. The second-order valence-electron chi connectivity index (χ2n) is 6.31. The van der Waals surface area contributed by atoms with Gasteiger partial charge in [-0.2, -0.15) is 0 Å². The number of aryl methyl sites for hydroxylation is 1. The van der Waals surface area contributed by atoms with Gasteiger partial charge in [0.25, 0.3) is 0 Å². The van der Waals surface area contributed by atoms with E-state index in [4.69, 9.17) is 10.2 Å². The smallest absolute Gasteiger partial charge is 0.223 e. The van der Waals surface area contributed by atoms with E-state index >= 15 is 0 Å². The third kappa shape index (κ3) is 3.57. The van der Waals surface area contributed by atoms with Gasteiger partial charge in [-0.1, -0.05) is 30.3 Å². The van der Waals surface area contributed by atoms with Crippen molar-refractivity contribution in [3.05, 3.63) is 59.5 Å². The topological polar surface area (TPSA) is 76.5 Å². The van der Waals surface area contributed by atoms with E-state index in [2.05, 4.69) is 0 Å². The van der Waals surface area contributed by atoms with Gasteiger partial charge in [0.2, 0.25) is 5.91 Å². The molecule has 1 fully saturated rings. The minimum absolute atomic E-state index is 0.00865. The molecule has 1 aliphatic rings. The van der Waals surface area contributed by atoms with Crippen LogP contribution in [0, 0.1) is 6.92 Å². The molecule has 1 amide bonds. The summed E-state index contributed by atoms with van der Waals surface area (Å²) in [5.74, 6) is 1.66. The van der Waals surface area contributed by atoms with Crippen molar-refractivity contribution in [2.24, 2.45) is 5.73 Å². The minimum atomic E-state index is -0.135. The predicted molar refractivity (Wildman–Crippen MR) is 90.7 cm³/mol. The monoisotopic (exact) mass is 326 g/mol. The van der Waals surface area contributed by atoms with E-state index in [9.17, 15) is 9.59 Å². The third-order valence-corrected chi connectivity index (χ3v) is 4.51. The number of carbonyl (C=O) groups excluding carboxylic acids is 2. The standard InChI is InChI=1S/C19H22N2O3/c1-13-7-9-18(24-13)15-11-21(12-16(15)20)19(23)10-8-17(22)14-5-3-2-4-6-14/h2-7,9,15-16H,8,10-12,20H2,1H3/t15-,16-/m1/s1. The molecule has 1 aromatic heterocycles. The van der Waals surface area contributed by atoms with Crippen LogP contribution in [0.15, 0.2) is 46.9 Å². The fourth-order valence-electron chi connectivity index (χ4n) is 3.13. The molecule has 126 valence electrons. The molecule has 0 spiro atoms. The highest BCUT2D eigenvalue weighted by Gasteiger charge is 2.35. The van der Waals surface area contributed by atoms with Crippen LogP contribution in [0.3, 0.4) is 0 Å². The molecule has 5 heteroatoms. The quantitative estimate of drug-likeness (QED) is 0.857. The first-order chi connectivity index (χ1) is 11.5. The average molecular weight is 326 g/mol. The highest BCUT2D eigenvalue weighted by Crippen LogP contribution is 2.28. The van der Waals surface area contributed by atoms with Crippen LogP contribution < -0.4 is 5.73 Å². The molecule has 2 aromatic rings. The normalized spacial score (nSPS) is 20.3. The van der Waals surface area contributed by atoms with Crippen LogP contribution in [0.25, 0.3) is 0 Å². The second kappa shape index (κ2) is 7.01. The van der Waals surface area contributed by atoms with Crippen LogP contribution in [0.5, 0.6) is 0 Å². The molecular formula is C19H22N2O3. The molecule has 5 nitrogen and oxygen atoms in total. The Hall–Kier alpha value is -2.40. The van der Waals surface area contributed by atoms with Crippen molar-refractivity contribution in [3.8, 4) is 0 Å². The summed E-state index contributed by atoms with van der Waals surface area (Å²) in [6.45, 7) is 2.94. The largest absolute Gasteiger partial charge is 0.466 e. The van der Waals surface area contributed by atoms with Gasteiger partial charge in [0.15, 0.2) is 5.78 Å². The van der Waals surface area contributed by atoms with Gasteiger partial charge in [0.1, 0.15) is 11.5 Å². The number of hydrogen-bond donors (Lipinski definition) is 1. The lowest BCUT2D eigenvalue weighted by molar-refractivity contribution is -0.130. The van der Waals surface area contributed by atoms with E-state index in [1.807, 2.05) is 37.3 Å². The average Bonchev–Trinajstić information content (AvgIpc) is 3.18. The number of Topliss-reactive ketones (excluding diaryl/α,β-unsaturated/α-hetero) is 1. The maximum absolute atomic E-state index is 12.4. The highest BCUT2D eigenvalue weighted by molar-refractivity contribution is 5.97. The van der Waals surface area contributed by atoms with Crippen molar-refractivity contribution in [2.45, 2.75) is 31.7 Å². The van der Waals surface area contributed by atoms with E-state index in [-0.39, 0.29) is 36.5 Å². The van der Waals surface area contributed by atoms with Crippen molar-refractivity contribution in [1.29, 1.82) is 0 Å². The number of carbonyl (C=O) groups is 2. The Bertz CT molecular complexity index is 723. The molecule has 3 rings (SSSR count). The fourth-order valence-corrected chi connectivity index (χ4v) is 3.13. The van der Waals surface area contributed by atoms with Crippen molar-refractivity contribution in [1.82, 2.24) is 4.90 Å². The molecule has 1 aromatic carbocycles. The highest BCUT2D eigenvalue weighted by atomic mass is 16.3. The molecular weight excluding hydrogens is 304 g/mol. The summed E-state index contributed by atoms with van der Waals surface area (Å²) in [6.07, 6.45) is 0.434. The van der Waals surface area contributed by atoms with Crippen molar-refractivity contribution < 1.29 is 14.0 Å². The van der Waals surface area contributed by atoms with Crippen LogP contribution >= 0.6 is 0 Å². The Balaban J connectivity index is 1.55. The number of ketones is 1. The van der Waals surface area contributed by atoms with Crippen molar-refractivity contribution in [3.63, 3.8) is 0 Å². The zero-order valence-corrected chi connectivity index (χ0v) is 13.8. The lowest BCUT2D eigenvalue weighted by atomic mass is 10.0. The first-order valence-corrected chi connectivity index (χ1v) is 8.22. The van der Waals surface area contributed by atoms with Gasteiger partial charge in [0, 0.05) is 37.5 Å². The number of rotatable bonds is 5. The zero-order valence-electron chi connectivity index (χ0n) is 13.8. The van der Waals surface area contributed by atoms with Gasteiger partial charge in [-0.05, 0) is 19.1 Å². The van der Waals surface area contributed by atoms with E-state index in [1.165, 1.54) is 0 Å². The van der Waals surface area contributed by atoms with Crippen LogP contribution in [0.1, 0.15) is 40.6 Å². The summed E-state index contributed by atoms with van der Waals surface area (Å²) in [6, 6.07) is 12.8. The predicted octanol–water partition coefficient (Wildman–Crippen LogP) is 2.50. The maximum atomic E-state index is 12.4. The maximum Gasteiger partial charge on any atom is 0.223 e. The SMILES string of the molecule is Cc1ccc([C@@H]2CN(C(=O)CCC(=O)c3ccccc3)C[C@H]2N)o1. The Labute approximate surface area is 141 Å². The molecule has 24 heavy (non-hydrogen) atoms. The minimum Gasteiger partial charge on any atom is -0.466 e. The van der Waals surface area contributed by atoms with E-state index < -0.39 is 0 Å². The zero-order chi connectivity index (χ0) is 17.1. The second-order valence-corrected chi connectivity index (χ2v) is 6.31. The van der Waals surface area contributed by atoms with Crippen molar-refractivity contribution in [2.75, 3.05) is 13.1 Å². The summed E-state index contributed by atoms with van der Waals surface area (Å²) in [7, 11) is 0. The van der Waals surface area contributed by atoms with E-state index in [0.29, 0.717) is 18.7 Å². The molecule has 1 saturated heterocycles. The molecule has 1 aliphatic heterocycles. The third-order valence-electron chi connectivity index (χ3n) is 4.51. The number of furan rings is 1. The molecule has 0 unspecified atom stereocenters. The van der Waals surface area contributed by atoms with Gasteiger partial charge < -0.3 is 15.1 Å². The summed E-state index contributed by atoms with van der Waals surface area (Å²) < 4.78 is 5.65. The summed E-state index contributed by atoms with van der Waals surface area (Å²) in [5, 5.41) is 0. The Morgan fingerprint density at radius 1 is 1.12 bits per heavy atom. The van der Waals surface area contributed by atoms with Crippen molar-refractivity contribution >= 4 is 11.7 Å². The van der Waals surface area contributed by atoms with Gasteiger partial charge >= 0.3 is 0 Å².